The van der Waals surface area contributed by atoms with E-state index < -0.39 is 6.04 Å². The minimum atomic E-state index is -0.610. The fourth-order valence-electron chi connectivity index (χ4n) is 7.84. The number of nitrogens with two attached hydrogens (primary N) is 1. The first-order valence-corrected chi connectivity index (χ1v) is 19.1. The number of pyridine rings is 2. The Balaban J connectivity index is 0.000000211. The van der Waals surface area contributed by atoms with Crippen LogP contribution in [0.4, 0.5) is 0 Å². The zero-order chi connectivity index (χ0) is 40.2. The number of H-pyrrole nitrogens is 2. The standard InChI is InChI=1S/C21H30N4O3.C20H28N4O3/c1-13(26)28-17-8-10-25(20(27)18(22-5)21(2,3)4)16(17)11-14-12-24-19-15(14)7-6-9-23-19;1-12(25)27-16-7-9-24(19(26)17(21)20(2,3)4)15(16)10-13-11-23-18-14(13)6-5-8-22-18/h6-7,9,12,16-18,22H,8,10-11H2,1-5H3,(H,23,24);5-6,8,11,15-17H,7,9-10,21H2,1-4H3,(H,22,23)/t16-,17+,18-;15-,16+,17-/m11/s1. The molecule has 6 heterocycles. The van der Waals surface area contributed by atoms with Crippen LogP contribution in [0.5, 0.6) is 0 Å². The Labute approximate surface area is 323 Å². The summed E-state index contributed by atoms with van der Waals surface area (Å²) in [6.45, 7) is 15.9. The number of rotatable bonds is 9. The van der Waals surface area contributed by atoms with E-state index in [1.165, 1.54) is 13.8 Å². The van der Waals surface area contributed by atoms with E-state index in [4.69, 9.17) is 15.2 Å². The van der Waals surface area contributed by atoms with E-state index in [0.717, 1.165) is 33.2 Å². The summed E-state index contributed by atoms with van der Waals surface area (Å²) in [5.41, 5.74) is 9.41. The second-order valence-electron chi connectivity index (χ2n) is 16.8. The van der Waals surface area contributed by atoms with Gasteiger partial charge in [-0.25, -0.2) is 9.97 Å². The van der Waals surface area contributed by atoms with Crippen LogP contribution < -0.4 is 11.1 Å². The number of likely N-dealkylation sites (N-methyl/N-ethyl adjacent to an activating group) is 1. The molecule has 0 aliphatic carbocycles. The topological polar surface area (TPSA) is 189 Å². The molecule has 2 saturated heterocycles. The molecule has 14 nitrogen and oxygen atoms in total. The zero-order valence-corrected chi connectivity index (χ0v) is 33.6. The summed E-state index contributed by atoms with van der Waals surface area (Å²) < 4.78 is 11.1. The van der Waals surface area contributed by atoms with Gasteiger partial charge in [0.25, 0.3) is 0 Å². The van der Waals surface area contributed by atoms with Crippen LogP contribution in [0.2, 0.25) is 0 Å². The van der Waals surface area contributed by atoms with Gasteiger partial charge in [0.05, 0.1) is 24.2 Å². The normalized spacial score (nSPS) is 21.3. The molecule has 2 amide bonds. The maximum atomic E-state index is 13.4. The van der Waals surface area contributed by atoms with Gasteiger partial charge in [-0.3, -0.25) is 19.2 Å². The molecule has 6 rings (SSSR count). The molecule has 2 aliphatic heterocycles. The maximum absolute atomic E-state index is 13.4. The highest BCUT2D eigenvalue weighted by Gasteiger charge is 2.44. The third-order valence-electron chi connectivity index (χ3n) is 10.7. The zero-order valence-electron chi connectivity index (χ0n) is 33.6. The highest BCUT2D eigenvalue weighted by Crippen LogP contribution is 2.32. The Morgan fingerprint density at radius 1 is 0.782 bits per heavy atom. The predicted molar refractivity (Wildman–Crippen MR) is 211 cm³/mol. The first-order chi connectivity index (χ1) is 25.9. The summed E-state index contributed by atoms with van der Waals surface area (Å²) in [6.07, 6.45) is 9.14. The number of ether oxygens (including phenoxy) is 2. The SMILES string of the molecule is CC(=O)O[C@H]1CCN(C(=O)[C@@H](N)C(C)(C)C)[C@@H]1Cc1c[nH]c2ncccc12.CN[C@H](C(=O)N1CC[C@H](OC(C)=O)[C@H]1Cc1c[nH]c2ncccc12)C(C)(C)C. The van der Waals surface area contributed by atoms with Gasteiger partial charge in [0.1, 0.15) is 23.5 Å². The van der Waals surface area contributed by atoms with Crippen LogP contribution in [0, 0.1) is 10.8 Å². The van der Waals surface area contributed by atoms with Crippen molar-refractivity contribution < 1.29 is 28.7 Å². The Kier molecular flexibility index (Phi) is 12.7. The molecule has 0 bridgehead atoms. The van der Waals surface area contributed by atoms with Crippen LogP contribution in [-0.4, -0.2) is 110 Å². The highest BCUT2D eigenvalue weighted by atomic mass is 16.5. The van der Waals surface area contributed by atoms with Crippen LogP contribution in [0.3, 0.4) is 0 Å². The highest BCUT2D eigenvalue weighted by molar-refractivity contribution is 5.85. The number of aromatic nitrogens is 4. The van der Waals surface area contributed by atoms with Gasteiger partial charge in [0.2, 0.25) is 11.8 Å². The first-order valence-electron chi connectivity index (χ1n) is 19.1. The molecule has 5 N–H and O–H groups in total. The van der Waals surface area contributed by atoms with Gasteiger partial charge in [0, 0.05) is 75.3 Å². The second kappa shape index (κ2) is 16.9. The number of likely N-dealkylation sites (tertiary alicyclic amines) is 2. The van der Waals surface area contributed by atoms with Crippen LogP contribution in [0.25, 0.3) is 22.1 Å². The second-order valence-corrected chi connectivity index (χ2v) is 16.8. The van der Waals surface area contributed by atoms with Crippen molar-refractivity contribution in [3.8, 4) is 0 Å². The summed E-state index contributed by atoms with van der Waals surface area (Å²) in [7, 11) is 1.81. The lowest BCUT2D eigenvalue weighted by Gasteiger charge is -2.36. The predicted octanol–water partition coefficient (Wildman–Crippen LogP) is 4.28. The van der Waals surface area contributed by atoms with Crippen molar-refractivity contribution in [2.45, 2.75) is 117 Å². The van der Waals surface area contributed by atoms with Crippen molar-refractivity contribution in [1.82, 2.24) is 35.1 Å². The van der Waals surface area contributed by atoms with Gasteiger partial charge in [-0.15, -0.1) is 0 Å². The fourth-order valence-corrected chi connectivity index (χ4v) is 7.84. The van der Waals surface area contributed by atoms with Crippen LogP contribution in [0.1, 0.15) is 79.4 Å². The molecule has 0 spiro atoms. The molecule has 4 aromatic heterocycles. The average molecular weight is 759 g/mol. The molecule has 14 heteroatoms. The Morgan fingerprint density at radius 2 is 1.22 bits per heavy atom. The number of hydrogen-bond donors (Lipinski definition) is 4. The molecule has 55 heavy (non-hydrogen) atoms. The number of carbonyl (C=O) groups excluding carboxylic acids is 4. The lowest BCUT2D eigenvalue weighted by Crippen LogP contribution is -2.54. The van der Waals surface area contributed by atoms with Gasteiger partial charge in [0.15, 0.2) is 0 Å². The lowest BCUT2D eigenvalue weighted by atomic mass is 9.85. The van der Waals surface area contributed by atoms with Crippen molar-refractivity contribution in [1.29, 1.82) is 0 Å². The van der Waals surface area contributed by atoms with Crippen molar-refractivity contribution in [2.24, 2.45) is 16.6 Å². The quantitative estimate of drug-likeness (QED) is 0.179. The van der Waals surface area contributed by atoms with E-state index in [2.05, 4.69) is 25.3 Å². The Hall–Kier alpha value is -4.82. The molecule has 2 aliphatic rings. The van der Waals surface area contributed by atoms with Gasteiger partial charge in [-0.1, -0.05) is 41.5 Å². The molecule has 0 radical (unpaired) electrons. The number of carbonyl (C=O) groups is 4. The summed E-state index contributed by atoms with van der Waals surface area (Å²) in [6, 6.07) is 6.44. The molecular weight excluding hydrogens is 701 g/mol. The largest absolute Gasteiger partial charge is 0.460 e. The van der Waals surface area contributed by atoms with Crippen molar-refractivity contribution in [3.63, 3.8) is 0 Å². The van der Waals surface area contributed by atoms with Gasteiger partial charge in [-0.2, -0.15) is 0 Å². The van der Waals surface area contributed by atoms with E-state index >= 15 is 0 Å². The van der Waals surface area contributed by atoms with Crippen molar-refractivity contribution in [3.05, 3.63) is 60.2 Å². The summed E-state index contributed by atoms with van der Waals surface area (Å²) >= 11 is 0. The smallest absolute Gasteiger partial charge is 0.302 e. The minimum absolute atomic E-state index is 0.0487. The Bertz CT molecular complexity index is 1980. The number of hydrogen-bond acceptors (Lipinski definition) is 10. The van der Waals surface area contributed by atoms with Gasteiger partial charge >= 0.3 is 11.9 Å². The van der Waals surface area contributed by atoms with E-state index in [0.29, 0.717) is 38.8 Å². The van der Waals surface area contributed by atoms with Crippen LogP contribution in [0.15, 0.2) is 49.1 Å². The van der Waals surface area contributed by atoms with Gasteiger partial charge in [-0.05, 0) is 66.1 Å². The average Bonchev–Trinajstić information content (AvgIpc) is 3.90. The number of amides is 2. The maximum Gasteiger partial charge on any atom is 0.302 e. The molecule has 0 unspecified atom stereocenters. The molecule has 6 atom stereocenters. The van der Waals surface area contributed by atoms with E-state index in [1.807, 2.05) is 90.1 Å². The summed E-state index contributed by atoms with van der Waals surface area (Å²) in [5, 5.41) is 5.21. The first kappa shape index (κ1) is 41.3. The fraction of sp³-hybridized carbons (Fsp3) is 0.561. The molecule has 4 aromatic rings. The van der Waals surface area contributed by atoms with E-state index in [-0.39, 0.29) is 64.9 Å². The number of nitrogens with one attached hydrogen (secondary N) is 3. The summed E-state index contributed by atoms with van der Waals surface area (Å²) in [5.74, 6) is -0.696. The molecule has 0 saturated carbocycles. The number of aromatic amines is 2. The molecule has 2 fully saturated rings. The van der Waals surface area contributed by atoms with Crippen molar-refractivity contribution in [2.75, 3.05) is 20.1 Å². The van der Waals surface area contributed by atoms with Crippen LogP contribution >= 0.6 is 0 Å². The van der Waals surface area contributed by atoms with E-state index in [1.54, 1.807) is 17.3 Å². The third kappa shape index (κ3) is 9.53. The molecular formula is C41H58N8O6. The minimum Gasteiger partial charge on any atom is -0.460 e. The third-order valence-corrected chi connectivity index (χ3v) is 10.7. The van der Waals surface area contributed by atoms with Crippen LogP contribution in [-0.2, 0) is 41.5 Å². The lowest BCUT2D eigenvalue weighted by molar-refractivity contribution is -0.150. The van der Waals surface area contributed by atoms with Gasteiger partial charge < -0.3 is 40.3 Å². The van der Waals surface area contributed by atoms with Crippen molar-refractivity contribution >= 4 is 45.8 Å². The number of esters is 2. The summed E-state index contributed by atoms with van der Waals surface area (Å²) in [4.78, 5) is 68.3. The number of nitrogens with zero attached hydrogens (tertiary/aromatic N) is 4. The Morgan fingerprint density at radius 3 is 1.60 bits per heavy atom. The van der Waals surface area contributed by atoms with E-state index in [9.17, 15) is 19.2 Å². The molecule has 298 valence electrons. The number of fused-ring (bicyclic) bond motifs is 2. The monoisotopic (exact) mass is 758 g/mol. The molecule has 0 aromatic carbocycles.